The third-order valence-electron chi connectivity index (χ3n) is 4.64. The zero-order valence-electron chi connectivity index (χ0n) is 15.0. The molecule has 0 aliphatic rings. The minimum absolute atomic E-state index is 0.0833. The van der Waals surface area contributed by atoms with Gasteiger partial charge in [0.1, 0.15) is 0 Å². The number of rotatable bonds is 8. The Balaban J connectivity index is 4.48. The maximum absolute atomic E-state index is 10.3. The third kappa shape index (κ3) is 7.31. The SMILES string of the molecule is C=C[C@](C)(CCC#CC)C[C@H](O)CO[Si](C)(C)C(C)(C)C. The van der Waals surface area contributed by atoms with E-state index in [0.717, 1.165) is 12.8 Å². The summed E-state index contributed by atoms with van der Waals surface area (Å²) < 4.78 is 6.10. The molecule has 21 heavy (non-hydrogen) atoms. The lowest BCUT2D eigenvalue weighted by molar-refractivity contribution is 0.0661. The van der Waals surface area contributed by atoms with Crippen molar-refractivity contribution in [2.24, 2.45) is 5.41 Å². The van der Waals surface area contributed by atoms with Gasteiger partial charge >= 0.3 is 0 Å². The van der Waals surface area contributed by atoms with Crippen molar-refractivity contribution in [3.8, 4) is 11.8 Å². The van der Waals surface area contributed by atoms with Gasteiger partial charge in [-0.25, -0.2) is 0 Å². The number of aliphatic hydroxyl groups excluding tert-OH is 1. The molecule has 0 aliphatic carbocycles. The summed E-state index contributed by atoms with van der Waals surface area (Å²) in [6.45, 7) is 19.4. The van der Waals surface area contributed by atoms with Crippen molar-refractivity contribution in [1.82, 2.24) is 0 Å². The predicted octanol–water partition coefficient (Wildman–Crippen LogP) is 4.76. The first-order valence-corrected chi connectivity index (χ1v) is 10.7. The second-order valence-corrected chi connectivity index (χ2v) is 12.5. The summed E-state index contributed by atoms with van der Waals surface area (Å²) in [6.07, 6.45) is 3.94. The molecule has 0 amide bonds. The average molecular weight is 311 g/mol. The topological polar surface area (TPSA) is 29.5 Å². The van der Waals surface area contributed by atoms with Crippen LogP contribution in [0.15, 0.2) is 12.7 Å². The minimum Gasteiger partial charge on any atom is -0.414 e. The second-order valence-electron chi connectivity index (χ2n) is 7.71. The standard InChI is InChI=1S/C18H34O2Si/c1-9-11-12-13-18(6,10-2)14-16(19)15-20-21(7,8)17(3,4)5/h10,16,19H,2,12-15H2,1,3-8H3/t16-,18+/m0/s1. The molecule has 0 aromatic rings. The van der Waals surface area contributed by atoms with Gasteiger partial charge in [0.15, 0.2) is 8.32 Å². The summed E-state index contributed by atoms with van der Waals surface area (Å²) in [4.78, 5) is 0. The lowest BCUT2D eigenvalue weighted by Crippen LogP contribution is -2.43. The summed E-state index contributed by atoms with van der Waals surface area (Å²) in [5.74, 6) is 6.00. The Hall–Kier alpha value is -0.563. The van der Waals surface area contributed by atoms with Crippen molar-refractivity contribution in [3.63, 3.8) is 0 Å². The molecule has 0 fully saturated rings. The summed E-state index contributed by atoms with van der Waals surface area (Å²) in [5, 5.41) is 10.5. The van der Waals surface area contributed by atoms with Crippen molar-refractivity contribution in [2.45, 2.75) is 78.1 Å². The Morgan fingerprint density at radius 3 is 2.29 bits per heavy atom. The molecule has 0 saturated heterocycles. The molecular formula is C18H34O2Si. The zero-order valence-corrected chi connectivity index (χ0v) is 16.0. The Kier molecular flexibility index (Phi) is 7.95. The molecule has 0 heterocycles. The number of hydrogen-bond donors (Lipinski definition) is 1. The van der Waals surface area contributed by atoms with E-state index in [2.05, 4.69) is 59.2 Å². The van der Waals surface area contributed by atoms with E-state index in [1.165, 1.54) is 0 Å². The molecule has 1 N–H and O–H groups in total. The highest BCUT2D eigenvalue weighted by molar-refractivity contribution is 6.74. The van der Waals surface area contributed by atoms with Gasteiger partial charge in [0, 0.05) is 6.42 Å². The fourth-order valence-corrected chi connectivity index (χ4v) is 2.92. The van der Waals surface area contributed by atoms with E-state index >= 15 is 0 Å². The largest absolute Gasteiger partial charge is 0.414 e. The minimum atomic E-state index is -1.79. The Labute approximate surface area is 133 Å². The Morgan fingerprint density at radius 1 is 1.29 bits per heavy atom. The predicted molar refractivity (Wildman–Crippen MR) is 94.8 cm³/mol. The monoisotopic (exact) mass is 310 g/mol. The van der Waals surface area contributed by atoms with Crippen LogP contribution in [-0.2, 0) is 4.43 Å². The van der Waals surface area contributed by atoms with E-state index in [1.807, 2.05) is 13.0 Å². The van der Waals surface area contributed by atoms with Crippen molar-refractivity contribution in [2.75, 3.05) is 6.61 Å². The molecule has 0 spiro atoms. The van der Waals surface area contributed by atoms with Gasteiger partial charge < -0.3 is 9.53 Å². The van der Waals surface area contributed by atoms with Crippen molar-refractivity contribution >= 4 is 8.32 Å². The Morgan fingerprint density at radius 2 is 1.86 bits per heavy atom. The molecule has 0 saturated carbocycles. The quantitative estimate of drug-likeness (QED) is 0.398. The van der Waals surface area contributed by atoms with Gasteiger partial charge in [-0.1, -0.05) is 33.8 Å². The molecule has 122 valence electrons. The molecule has 0 unspecified atom stereocenters. The van der Waals surface area contributed by atoms with Crippen LogP contribution in [0.25, 0.3) is 0 Å². The van der Waals surface area contributed by atoms with Crippen LogP contribution in [0, 0.1) is 17.3 Å². The van der Waals surface area contributed by atoms with Crippen molar-refractivity contribution < 1.29 is 9.53 Å². The smallest absolute Gasteiger partial charge is 0.192 e. The molecule has 0 aromatic heterocycles. The molecule has 0 aliphatic heterocycles. The highest BCUT2D eigenvalue weighted by atomic mass is 28.4. The van der Waals surface area contributed by atoms with Crippen molar-refractivity contribution in [1.29, 1.82) is 0 Å². The molecule has 0 rings (SSSR count). The van der Waals surface area contributed by atoms with Crippen molar-refractivity contribution in [3.05, 3.63) is 12.7 Å². The highest BCUT2D eigenvalue weighted by Gasteiger charge is 2.37. The van der Waals surface area contributed by atoms with Crippen LogP contribution in [0.2, 0.25) is 18.1 Å². The molecule has 0 bridgehead atoms. The van der Waals surface area contributed by atoms with E-state index in [9.17, 15) is 5.11 Å². The summed E-state index contributed by atoms with van der Waals surface area (Å²) in [5.41, 5.74) is -0.0833. The van der Waals surface area contributed by atoms with E-state index in [1.54, 1.807) is 0 Å². The van der Waals surface area contributed by atoms with Gasteiger partial charge in [0.2, 0.25) is 0 Å². The second kappa shape index (κ2) is 8.17. The fourth-order valence-electron chi connectivity index (χ4n) is 1.88. The van der Waals surface area contributed by atoms with Gasteiger partial charge in [-0.2, -0.15) is 0 Å². The van der Waals surface area contributed by atoms with Gasteiger partial charge in [-0.05, 0) is 43.3 Å². The molecule has 2 nitrogen and oxygen atoms in total. The van der Waals surface area contributed by atoms with E-state index in [0.29, 0.717) is 13.0 Å². The van der Waals surface area contributed by atoms with Crippen LogP contribution < -0.4 is 0 Å². The molecule has 0 radical (unpaired) electrons. The summed E-state index contributed by atoms with van der Waals surface area (Å²) >= 11 is 0. The van der Waals surface area contributed by atoms with Crippen LogP contribution >= 0.6 is 0 Å². The first-order chi connectivity index (χ1) is 9.47. The van der Waals surface area contributed by atoms with E-state index in [4.69, 9.17) is 4.43 Å². The lowest BCUT2D eigenvalue weighted by Gasteiger charge is -2.37. The molecule has 0 aromatic carbocycles. The van der Waals surface area contributed by atoms with Crippen LogP contribution in [0.5, 0.6) is 0 Å². The maximum atomic E-state index is 10.3. The third-order valence-corrected chi connectivity index (χ3v) is 9.14. The molecule has 3 heteroatoms. The molecule has 2 atom stereocenters. The van der Waals surface area contributed by atoms with Crippen LogP contribution in [0.4, 0.5) is 0 Å². The van der Waals surface area contributed by atoms with E-state index in [-0.39, 0.29) is 10.5 Å². The van der Waals surface area contributed by atoms with Gasteiger partial charge in [0.25, 0.3) is 0 Å². The number of allylic oxidation sites excluding steroid dienone is 1. The number of aliphatic hydroxyl groups is 1. The zero-order chi connectivity index (χ0) is 16.7. The van der Waals surface area contributed by atoms with Crippen LogP contribution in [0.3, 0.4) is 0 Å². The van der Waals surface area contributed by atoms with Gasteiger partial charge in [-0.3, -0.25) is 0 Å². The highest BCUT2D eigenvalue weighted by Crippen LogP contribution is 2.37. The first-order valence-electron chi connectivity index (χ1n) is 7.83. The lowest BCUT2D eigenvalue weighted by atomic mass is 9.80. The average Bonchev–Trinajstić information content (AvgIpc) is 2.35. The Bertz CT molecular complexity index is 384. The number of hydrogen-bond acceptors (Lipinski definition) is 2. The molecular weight excluding hydrogens is 276 g/mol. The van der Waals surface area contributed by atoms with Gasteiger partial charge in [-0.15, -0.1) is 18.4 Å². The van der Waals surface area contributed by atoms with Gasteiger partial charge in [0.05, 0.1) is 12.7 Å². The summed E-state index contributed by atoms with van der Waals surface area (Å²) in [7, 11) is -1.79. The summed E-state index contributed by atoms with van der Waals surface area (Å²) in [6, 6.07) is 0. The first kappa shape index (κ1) is 20.4. The van der Waals surface area contributed by atoms with Crippen LogP contribution in [-0.4, -0.2) is 26.1 Å². The van der Waals surface area contributed by atoms with Crippen LogP contribution in [0.1, 0.15) is 53.9 Å². The fraction of sp³-hybridized carbons (Fsp3) is 0.778. The normalized spacial score (nSPS) is 16.6. The maximum Gasteiger partial charge on any atom is 0.192 e. The van der Waals surface area contributed by atoms with E-state index < -0.39 is 14.4 Å².